The van der Waals surface area contributed by atoms with E-state index < -0.39 is 32.3 Å². The molecule has 1 atom stereocenters. The molecule has 0 saturated heterocycles. The topological polar surface area (TPSA) is 0 Å². The van der Waals surface area contributed by atoms with Crippen molar-refractivity contribution in [2.45, 2.75) is 84.1 Å². The molecular weight excluding hydrogens is 317 g/mol. The Hall–Kier alpha value is 0.348. The van der Waals surface area contributed by atoms with Crippen LogP contribution in [0.25, 0.3) is 0 Å². The van der Waals surface area contributed by atoms with E-state index in [0.717, 1.165) is 0 Å². The second-order valence-corrected chi connectivity index (χ2v) is 31.2. The van der Waals surface area contributed by atoms with Crippen molar-refractivity contribution in [1.29, 1.82) is 0 Å². The van der Waals surface area contributed by atoms with Crippen molar-refractivity contribution in [2.24, 2.45) is 0 Å². The summed E-state index contributed by atoms with van der Waals surface area (Å²) in [5.74, 6) is 0. The fraction of sp³-hybridized carbons (Fsp3) is 0.765. The summed E-state index contributed by atoms with van der Waals surface area (Å²) in [7, 11) is -5.18. The molecule has 1 aliphatic rings. The predicted octanol–water partition coefficient (Wildman–Crippen LogP) is 6.37. The number of rotatable bonds is 4. The first-order valence-corrected chi connectivity index (χ1v) is 22.4. The largest absolute Gasteiger partial charge is 0.0778 e. The van der Waals surface area contributed by atoms with Gasteiger partial charge in [0.25, 0.3) is 0 Å². The molecule has 0 spiro atoms. The summed E-state index contributed by atoms with van der Waals surface area (Å²) in [4.78, 5) is 0. The predicted molar refractivity (Wildman–Crippen MR) is 111 cm³/mol. The Morgan fingerprint density at radius 3 is 1.29 bits per heavy atom. The smallest absolute Gasteiger partial charge is 0.0772 e. The maximum atomic E-state index is 4.12. The van der Waals surface area contributed by atoms with Gasteiger partial charge in [0, 0.05) is 0 Å². The molecular formula is C17H37Si4. The van der Waals surface area contributed by atoms with Gasteiger partial charge in [-0.25, -0.2) is 0 Å². The summed E-state index contributed by atoms with van der Waals surface area (Å²) in [5, 5.41) is 5.47. The van der Waals surface area contributed by atoms with E-state index in [-0.39, 0.29) is 0 Å². The highest BCUT2D eigenvalue weighted by molar-refractivity contribution is 6.97. The van der Waals surface area contributed by atoms with E-state index in [1.54, 1.807) is 5.20 Å². The van der Waals surface area contributed by atoms with E-state index in [4.69, 9.17) is 0 Å². The van der Waals surface area contributed by atoms with Crippen molar-refractivity contribution < 1.29 is 0 Å². The number of hydrogen-bond acceptors (Lipinski definition) is 0. The molecule has 0 aliphatic heterocycles. The van der Waals surface area contributed by atoms with Gasteiger partial charge >= 0.3 is 0 Å². The van der Waals surface area contributed by atoms with Crippen molar-refractivity contribution in [3.8, 4) is 0 Å². The lowest BCUT2D eigenvalue weighted by atomic mass is 10.4. The van der Waals surface area contributed by atoms with Crippen molar-refractivity contribution in [3.05, 3.63) is 21.7 Å². The molecule has 4 heteroatoms. The Kier molecular flexibility index (Phi) is 5.04. The van der Waals surface area contributed by atoms with Gasteiger partial charge < -0.3 is 0 Å². The lowest BCUT2D eigenvalue weighted by Gasteiger charge is -2.37. The lowest BCUT2D eigenvalue weighted by Crippen LogP contribution is -2.40. The SMILES string of the molecule is C[Si](C)(C)C1=[C]C([Si](C)(C)C)C([Si](C)(C)C)=C1[Si](C)(C)C. The van der Waals surface area contributed by atoms with Crippen LogP contribution in [-0.2, 0) is 0 Å². The van der Waals surface area contributed by atoms with Crippen molar-refractivity contribution in [3.63, 3.8) is 0 Å². The molecule has 0 aromatic heterocycles. The third-order valence-electron chi connectivity index (χ3n) is 4.27. The molecule has 21 heavy (non-hydrogen) atoms. The van der Waals surface area contributed by atoms with Crippen LogP contribution in [0.1, 0.15) is 0 Å². The second-order valence-electron chi connectivity index (χ2n) is 10.9. The maximum Gasteiger partial charge on any atom is 0.0778 e. The molecule has 1 radical (unpaired) electrons. The van der Waals surface area contributed by atoms with Crippen LogP contribution < -0.4 is 0 Å². The molecule has 0 bridgehead atoms. The van der Waals surface area contributed by atoms with Crippen LogP contribution in [0.2, 0.25) is 84.1 Å². The van der Waals surface area contributed by atoms with Crippen LogP contribution in [0.5, 0.6) is 0 Å². The van der Waals surface area contributed by atoms with E-state index in [1.165, 1.54) is 0 Å². The summed E-state index contributed by atoms with van der Waals surface area (Å²) < 4.78 is 0. The highest BCUT2D eigenvalue weighted by Gasteiger charge is 2.46. The van der Waals surface area contributed by atoms with Crippen LogP contribution in [0.4, 0.5) is 0 Å². The molecule has 0 amide bonds. The Labute approximate surface area is 138 Å². The van der Waals surface area contributed by atoms with Crippen molar-refractivity contribution in [1.82, 2.24) is 0 Å². The zero-order valence-electron chi connectivity index (χ0n) is 16.6. The summed E-state index contributed by atoms with van der Waals surface area (Å²) in [5.41, 5.74) is 0.688. The summed E-state index contributed by atoms with van der Waals surface area (Å²) >= 11 is 0. The Morgan fingerprint density at radius 2 is 1.05 bits per heavy atom. The maximum absolute atomic E-state index is 4.12. The fourth-order valence-electron chi connectivity index (χ4n) is 3.40. The summed E-state index contributed by atoms with van der Waals surface area (Å²) in [6.07, 6.45) is 4.12. The Balaban J connectivity index is 3.73. The first-order valence-electron chi connectivity index (χ1n) is 8.37. The average Bonchev–Trinajstić information content (AvgIpc) is 2.52. The molecule has 0 heterocycles. The summed E-state index contributed by atoms with van der Waals surface area (Å²) in [6.45, 7) is 30.5. The molecule has 0 saturated carbocycles. The first-order chi connectivity index (χ1) is 8.97. The van der Waals surface area contributed by atoms with Crippen molar-refractivity contribution >= 4 is 32.3 Å². The van der Waals surface area contributed by atoms with Gasteiger partial charge in [0.2, 0.25) is 0 Å². The van der Waals surface area contributed by atoms with Gasteiger partial charge in [0.1, 0.15) is 0 Å². The van der Waals surface area contributed by atoms with E-state index >= 15 is 0 Å². The zero-order valence-corrected chi connectivity index (χ0v) is 20.6. The van der Waals surface area contributed by atoms with Gasteiger partial charge in [0.15, 0.2) is 0 Å². The highest BCUT2D eigenvalue weighted by Crippen LogP contribution is 2.50. The number of allylic oxidation sites excluding steroid dienone is 4. The standard InChI is InChI=1S/C17H37Si4/c1-18(2,3)14-13-15(19(4,5)6)17(21(10,11)12)16(14)20(7,8)9/h14H,1-12H3. The van der Waals surface area contributed by atoms with Crippen LogP contribution in [-0.4, -0.2) is 32.3 Å². The van der Waals surface area contributed by atoms with E-state index in [2.05, 4.69) is 84.6 Å². The minimum atomic E-state index is -1.32. The Bertz CT molecular complexity index is 471. The van der Waals surface area contributed by atoms with Gasteiger partial charge in [-0.1, -0.05) is 94.2 Å². The highest BCUT2D eigenvalue weighted by atomic mass is 28.3. The lowest BCUT2D eigenvalue weighted by molar-refractivity contribution is 1.20. The third-order valence-corrected chi connectivity index (χ3v) is 13.3. The van der Waals surface area contributed by atoms with Gasteiger partial charge in [-0.05, 0) is 11.6 Å². The van der Waals surface area contributed by atoms with Crippen LogP contribution in [0.3, 0.4) is 0 Å². The van der Waals surface area contributed by atoms with E-state index in [9.17, 15) is 0 Å². The molecule has 0 nitrogen and oxygen atoms in total. The molecule has 1 aliphatic carbocycles. The molecule has 0 aromatic rings. The molecule has 0 N–H and O–H groups in total. The van der Waals surface area contributed by atoms with Gasteiger partial charge in [-0.15, -0.1) is 0 Å². The van der Waals surface area contributed by atoms with E-state index in [1.807, 2.05) is 10.4 Å². The van der Waals surface area contributed by atoms with Gasteiger partial charge in [-0.2, -0.15) is 0 Å². The normalized spacial score (nSPS) is 21.9. The Morgan fingerprint density at radius 1 is 0.619 bits per heavy atom. The quantitative estimate of drug-likeness (QED) is 0.515. The van der Waals surface area contributed by atoms with Crippen LogP contribution in [0, 0.1) is 6.08 Å². The van der Waals surface area contributed by atoms with Crippen LogP contribution in [0.15, 0.2) is 15.6 Å². The summed E-state index contributed by atoms with van der Waals surface area (Å²) in [6, 6.07) is 0. The third kappa shape index (κ3) is 4.21. The van der Waals surface area contributed by atoms with E-state index in [0.29, 0.717) is 5.54 Å². The molecule has 1 unspecified atom stereocenters. The molecule has 1 rings (SSSR count). The van der Waals surface area contributed by atoms with Gasteiger partial charge in [-0.3, -0.25) is 0 Å². The molecule has 0 fully saturated rings. The fourth-order valence-corrected chi connectivity index (χ4v) is 17.5. The second kappa shape index (κ2) is 5.46. The minimum absolute atomic E-state index is 0.688. The minimum Gasteiger partial charge on any atom is -0.0772 e. The first kappa shape index (κ1) is 19.4. The monoisotopic (exact) mass is 353 g/mol. The van der Waals surface area contributed by atoms with Crippen LogP contribution >= 0.6 is 0 Å². The number of hydrogen-bond donors (Lipinski definition) is 0. The van der Waals surface area contributed by atoms with Crippen molar-refractivity contribution in [2.75, 3.05) is 0 Å². The average molecular weight is 354 g/mol. The molecule has 121 valence electrons. The zero-order chi connectivity index (χ0) is 17.0. The molecule has 0 aromatic carbocycles. The van der Waals surface area contributed by atoms with Gasteiger partial charge in [0.05, 0.1) is 32.3 Å².